The molecule has 0 aliphatic heterocycles. The number of carbonyl (C=O) groups is 1. The summed E-state index contributed by atoms with van der Waals surface area (Å²) < 4.78 is 1.80. The average Bonchev–Trinajstić information content (AvgIpc) is 2.75. The minimum Gasteiger partial charge on any atom is -0.476 e. The lowest BCUT2D eigenvalue weighted by Crippen LogP contribution is -2.09. The standard InChI is InChI=1S/C16H20N2O2/c1-11(2)8-14-9-15(16(19)20)17-18(14)10-13-6-4-12(3)5-7-13/h4-7,9,11H,8,10H2,1-3H3,(H,19,20). The van der Waals surface area contributed by atoms with Crippen molar-refractivity contribution in [2.24, 2.45) is 5.92 Å². The molecule has 0 radical (unpaired) electrons. The first-order valence-corrected chi connectivity index (χ1v) is 6.81. The Hall–Kier alpha value is -2.10. The quantitative estimate of drug-likeness (QED) is 0.909. The Morgan fingerprint density at radius 1 is 1.30 bits per heavy atom. The SMILES string of the molecule is Cc1ccc(Cn2nc(C(=O)O)cc2CC(C)C)cc1. The summed E-state index contributed by atoms with van der Waals surface area (Å²) in [6, 6.07) is 9.89. The largest absolute Gasteiger partial charge is 0.476 e. The lowest BCUT2D eigenvalue weighted by molar-refractivity contribution is 0.0689. The lowest BCUT2D eigenvalue weighted by atomic mass is 10.1. The van der Waals surface area contributed by atoms with E-state index >= 15 is 0 Å². The molecule has 0 aliphatic carbocycles. The van der Waals surface area contributed by atoms with Gasteiger partial charge in [-0.3, -0.25) is 4.68 Å². The van der Waals surface area contributed by atoms with Gasteiger partial charge in [0.25, 0.3) is 0 Å². The van der Waals surface area contributed by atoms with E-state index in [0.717, 1.165) is 17.7 Å². The Kier molecular flexibility index (Phi) is 4.23. The topological polar surface area (TPSA) is 55.1 Å². The highest BCUT2D eigenvalue weighted by molar-refractivity contribution is 5.85. The molecule has 0 fully saturated rings. The molecule has 0 bridgehead atoms. The molecule has 0 aliphatic rings. The third-order valence-electron chi connectivity index (χ3n) is 3.15. The summed E-state index contributed by atoms with van der Waals surface area (Å²) in [6.07, 6.45) is 0.826. The minimum atomic E-state index is -0.974. The molecule has 1 aromatic heterocycles. The van der Waals surface area contributed by atoms with Gasteiger partial charge in [-0.25, -0.2) is 4.79 Å². The van der Waals surface area contributed by atoms with E-state index in [2.05, 4.69) is 43.2 Å². The monoisotopic (exact) mass is 272 g/mol. The number of aromatic carboxylic acids is 1. The predicted molar refractivity (Wildman–Crippen MR) is 78.0 cm³/mol. The van der Waals surface area contributed by atoms with Gasteiger partial charge in [-0.15, -0.1) is 0 Å². The van der Waals surface area contributed by atoms with E-state index in [0.29, 0.717) is 12.5 Å². The molecular weight excluding hydrogens is 252 g/mol. The number of aromatic nitrogens is 2. The van der Waals surface area contributed by atoms with E-state index in [4.69, 9.17) is 5.11 Å². The van der Waals surface area contributed by atoms with Crippen LogP contribution in [0.15, 0.2) is 30.3 Å². The molecule has 1 heterocycles. The van der Waals surface area contributed by atoms with Crippen LogP contribution in [0.5, 0.6) is 0 Å². The van der Waals surface area contributed by atoms with E-state index in [9.17, 15) is 4.79 Å². The normalized spacial score (nSPS) is 11.0. The molecule has 106 valence electrons. The zero-order chi connectivity index (χ0) is 14.7. The summed E-state index contributed by atoms with van der Waals surface area (Å²) in [4.78, 5) is 11.1. The van der Waals surface area contributed by atoms with Gasteiger partial charge in [0.2, 0.25) is 0 Å². The Morgan fingerprint density at radius 2 is 1.95 bits per heavy atom. The molecular formula is C16H20N2O2. The molecule has 0 saturated carbocycles. The van der Waals surface area contributed by atoms with Gasteiger partial charge in [-0.1, -0.05) is 43.7 Å². The number of rotatable bonds is 5. The third-order valence-corrected chi connectivity index (χ3v) is 3.15. The lowest BCUT2D eigenvalue weighted by Gasteiger charge is -2.09. The predicted octanol–water partition coefficient (Wildman–Crippen LogP) is 3.14. The van der Waals surface area contributed by atoms with Crippen molar-refractivity contribution >= 4 is 5.97 Å². The van der Waals surface area contributed by atoms with Crippen LogP contribution in [-0.4, -0.2) is 20.9 Å². The number of carboxylic acid groups (broad SMARTS) is 1. The van der Waals surface area contributed by atoms with Gasteiger partial charge in [-0.05, 0) is 30.9 Å². The number of carboxylic acids is 1. The highest BCUT2D eigenvalue weighted by Gasteiger charge is 2.14. The fourth-order valence-electron chi connectivity index (χ4n) is 2.15. The second-order valence-corrected chi connectivity index (χ2v) is 5.57. The Morgan fingerprint density at radius 3 is 2.50 bits per heavy atom. The highest BCUT2D eigenvalue weighted by Crippen LogP contribution is 2.13. The fraction of sp³-hybridized carbons (Fsp3) is 0.375. The molecule has 4 heteroatoms. The first-order chi connectivity index (χ1) is 9.45. The minimum absolute atomic E-state index is 0.118. The molecule has 0 amide bonds. The second kappa shape index (κ2) is 5.90. The van der Waals surface area contributed by atoms with Crippen molar-refractivity contribution in [1.82, 2.24) is 9.78 Å². The maximum Gasteiger partial charge on any atom is 0.356 e. The molecule has 0 saturated heterocycles. The summed E-state index contributed by atoms with van der Waals surface area (Å²) >= 11 is 0. The van der Waals surface area contributed by atoms with Gasteiger partial charge in [0.05, 0.1) is 6.54 Å². The molecule has 1 aromatic carbocycles. The van der Waals surface area contributed by atoms with Crippen LogP contribution < -0.4 is 0 Å². The highest BCUT2D eigenvalue weighted by atomic mass is 16.4. The molecule has 0 spiro atoms. The summed E-state index contributed by atoms with van der Waals surface area (Å²) in [7, 11) is 0. The number of hydrogen-bond donors (Lipinski definition) is 1. The van der Waals surface area contributed by atoms with Crippen LogP contribution in [0.2, 0.25) is 0 Å². The summed E-state index contributed by atoms with van der Waals surface area (Å²) in [6.45, 7) is 6.88. The molecule has 1 N–H and O–H groups in total. The van der Waals surface area contributed by atoms with E-state index < -0.39 is 5.97 Å². The van der Waals surface area contributed by atoms with Crippen molar-refractivity contribution in [2.75, 3.05) is 0 Å². The second-order valence-electron chi connectivity index (χ2n) is 5.57. The average molecular weight is 272 g/mol. The molecule has 2 rings (SSSR count). The van der Waals surface area contributed by atoms with Gasteiger partial charge < -0.3 is 5.11 Å². The number of aryl methyl sites for hydroxylation is 1. The summed E-state index contributed by atoms with van der Waals surface area (Å²) in [5, 5.41) is 13.3. The van der Waals surface area contributed by atoms with Gasteiger partial charge >= 0.3 is 5.97 Å². The maximum atomic E-state index is 11.1. The van der Waals surface area contributed by atoms with Crippen LogP contribution in [0, 0.1) is 12.8 Å². The zero-order valence-corrected chi connectivity index (χ0v) is 12.1. The molecule has 2 aromatic rings. The number of hydrogen-bond acceptors (Lipinski definition) is 2. The van der Waals surface area contributed by atoms with Crippen molar-refractivity contribution in [1.29, 1.82) is 0 Å². The van der Waals surface area contributed by atoms with E-state index in [1.54, 1.807) is 10.7 Å². The number of benzene rings is 1. The van der Waals surface area contributed by atoms with Crippen LogP contribution in [0.3, 0.4) is 0 Å². The van der Waals surface area contributed by atoms with Crippen molar-refractivity contribution in [2.45, 2.75) is 33.7 Å². The van der Waals surface area contributed by atoms with Crippen LogP contribution in [0.4, 0.5) is 0 Å². The molecule has 20 heavy (non-hydrogen) atoms. The number of nitrogens with zero attached hydrogens (tertiary/aromatic N) is 2. The Bertz CT molecular complexity index is 597. The summed E-state index contributed by atoms with van der Waals surface area (Å²) in [5.74, 6) is -0.511. The van der Waals surface area contributed by atoms with E-state index in [1.165, 1.54) is 5.56 Å². The van der Waals surface area contributed by atoms with Crippen molar-refractivity contribution in [3.8, 4) is 0 Å². The third kappa shape index (κ3) is 3.47. The van der Waals surface area contributed by atoms with Gasteiger partial charge in [0, 0.05) is 5.69 Å². The van der Waals surface area contributed by atoms with Crippen LogP contribution >= 0.6 is 0 Å². The Labute approximate surface area is 119 Å². The first kappa shape index (κ1) is 14.3. The fourth-order valence-corrected chi connectivity index (χ4v) is 2.15. The van der Waals surface area contributed by atoms with Crippen LogP contribution in [0.25, 0.3) is 0 Å². The van der Waals surface area contributed by atoms with Gasteiger partial charge in [0.15, 0.2) is 5.69 Å². The molecule has 0 atom stereocenters. The van der Waals surface area contributed by atoms with Crippen molar-refractivity contribution < 1.29 is 9.90 Å². The maximum absolute atomic E-state index is 11.1. The summed E-state index contributed by atoms with van der Waals surface area (Å²) in [5.41, 5.74) is 3.43. The van der Waals surface area contributed by atoms with Gasteiger partial charge in [-0.2, -0.15) is 5.10 Å². The van der Waals surface area contributed by atoms with Gasteiger partial charge in [0.1, 0.15) is 0 Å². The Balaban J connectivity index is 2.28. The molecule has 4 nitrogen and oxygen atoms in total. The van der Waals surface area contributed by atoms with Crippen LogP contribution in [0.1, 0.15) is 41.2 Å². The van der Waals surface area contributed by atoms with Crippen LogP contribution in [-0.2, 0) is 13.0 Å². The first-order valence-electron chi connectivity index (χ1n) is 6.81. The zero-order valence-electron chi connectivity index (χ0n) is 12.1. The van der Waals surface area contributed by atoms with Crippen molar-refractivity contribution in [3.63, 3.8) is 0 Å². The van der Waals surface area contributed by atoms with E-state index in [-0.39, 0.29) is 5.69 Å². The van der Waals surface area contributed by atoms with E-state index in [1.807, 2.05) is 6.92 Å². The molecule has 0 unspecified atom stereocenters. The van der Waals surface area contributed by atoms with Crippen molar-refractivity contribution in [3.05, 3.63) is 52.8 Å². The smallest absolute Gasteiger partial charge is 0.356 e.